The van der Waals surface area contributed by atoms with Crippen LogP contribution < -0.4 is 10.2 Å². The van der Waals surface area contributed by atoms with Gasteiger partial charge in [-0.3, -0.25) is 9.59 Å². The number of carbonyl (C=O) groups is 2. The predicted octanol–water partition coefficient (Wildman–Crippen LogP) is 4.86. The minimum atomic E-state index is -0.450. The molecule has 28 heavy (non-hydrogen) atoms. The Balaban J connectivity index is 1.75. The van der Waals surface area contributed by atoms with Crippen LogP contribution in [0, 0.1) is 17.8 Å². The molecule has 146 valence electrons. The zero-order valence-corrected chi connectivity index (χ0v) is 17.2. The number of halogens is 2. The number of rotatable bonds is 4. The van der Waals surface area contributed by atoms with Crippen LogP contribution in [0.15, 0.2) is 48.5 Å². The van der Waals surface area contributed by atoms with Gasteiger partial charge in [-0.15, -0.1) is 0 Å². The molecule has 2 amide bonds. The van der Waals surface area contributed by atoms with Gasteiger partial charge >= 0.3 is 0 Å². The van der Waals surface area contributed by atoms with Gasteiger partial charge in [-0.05, 0) is 42.2 Å². The smallest absolute Gasteiger partial charge is 0.239 e. The Morgan fingerprint density at radius 1 is 0.964 bits per heavy atom. The van der Waals surface area contributed by atoms with E-state index < -0.39 is 5.92 Å². The lowest BCUT2D eigenvalue weighted by Gasteiger charge is -2.23. The molecule has 0 spiro atoms. The highest BCUT2D eigenvalue weighted by Crippen LogP contribution is 2.47. The Bertz CT molecular complexity index is 916. The van der Waals surface area contributed by atoms with E-state index >= 15 is 0 Å². The lowest BCUT2D eigenvalue weighted by Crippen LogP contribution is -2.40. The Labute approximate surface area is 174 Å². The van der Waals surface area contributed by atoms with Crippen LogP contribution in [0.3, 0.4) is 0 Å². The van der Waals surface area contributed by atoms with E-state index in [0.29, 0.717) is 21.7 Å². The Morgan fingerprint density at radius 2 is 1.64 bits per heavy atom. The van der Waals surface area contributed by atoms with Crippen molar-refractivity contribution in [2.75, 3.05) is 4.90 Å². The largest absolute Gasteiger partial charge is 0.306 e. The van der Waals surface area contributed by atoms with Crippen molar-refractivity contribution in [2.45, 2.75) is 32.4 Å². The third kappa shape index (κ3) is 3.24. The van der Waals surface area contributed by atoms with Gasteiger partial charge in [0.15, 0.2) is 0 Å². The van der Waals surface area contributed by atoms with Crippen molar-refractivity contribution in [3.8, 4) is 0 Å². The zero-order chi connectivity index (χ0) is 20.0. The maximum atomic E-state index is 13.4. The van der Waals surface area contributed by atoms with Gasteiger partial charge < -0.3 is 5.32 Å². The molecular weight excluding hydrogens is 395 g/mol. The van der Waals surface area contributed by atoms with E-state index in [4.69, 9.17) is 23.2 Å². The molecule has 0 unspecified atom stereocenters. The average molecular weight is 417 g/mol. The predicted molar refractivity (Wildman–Crippen MR) is 111 cm³/mol. The van der Waals surface area contributed by atoms with Crippen LogP contribution in [0.25, 0.3) is 0 Å². The molecule has 2 saturated heterocycles. The Kier molecular flexibility index (Phi) is 5.21. The zero-order valence-electron chi connectivity index (χ0n) is 15.7. The summed E-state index contributed by atoms with van der Waals surface area (Å²) in [7, 11) is 0. The summed E-state index contributed by atoms with van der Waals surface area (Å²) in [6.07, 6.45) is 0.820. The highest BCUT2D eigenvalue weighted by atomic mass is 35.5. The summed E-state index contributed by atoms with van der Waals surface area (Å²) in [5.74, 6) is -0.708. The molecule has 0 saturated carbocycles. The number of carbonyl (C=O) groups excluding carboxylic acids is 2. The molecule has 6 heteroatoms. The van der Waals surface area contributed by atoms with E-state index in [1.54, 1.807) is 24.3 Å². The molecule has 1 N–H and O–H groups in total. The molecule has 0 bridgehead atoms. The van der Waals surface area contributed by atoms with E-state index in [1.165, 1.54) is 4.90 Å². The fourth-order valence-corrected chi connectivity index (χ4v) is 4.79. The van der Waals surface area contributed by atoms with Crippen LogP contribution in [-0.2, 0) is 9.59 Å². The van der Waals surface area contributed by atoms with Crippen LogP contribution in [-0.4, -0.2) is 17.9 Å². The first kappa shape index (κ1) is 19.4. The summed E-state index contributed by atoms with van der Waals surface area (Å²) < 4.78 is 0. The third-order valence-electron chi connectivity index (χ3n) is 5.63. The molecule has 4 nitrogen and oxygen atoms in total. The highest BCUT2D eigenvalue weighted by molar-refractivity contribution is 6.42. The summed E-state index contributed by atoms with van der Waals surface area (Å²) >= 11 is 12.3. The molecule has 4 atom stereocenters. The summed E-state index contributed by atoms with van der Waals surface area (Å²) in [5.41, 5.74) is 1.51. The van der Waals surface area contributed by atoms with Crippen molar-refractivity contribution in [1.29, 1.82) is 0 Å². The van der Waals surface area contributed by atoms with E-state index in [1.807, 2.05) is 24.3 Å². The van der Waals surface area contributed by atoms with Crippen molar-refractivity contribution >= 4 is 40.7 Å². The van der Waals surface area contributed by atoms with Crippen molar-refractivity contribution in [3.05, 3.63) is 64.1 Å². The molecular formula is C22H22Cl2N2O2. The molecule has 0 radical (unpaired) electrons. The first-order chi connectivity index (χ1) is 13.4. The monoisotopic (exact) mass is 416 g/mol. The standard InChI is InChI=1S/C22H22Cl2N2O2/c1-12(2)10-17-18-19(20(25-17)13-8-9-15(23)16(24)11-13)22(28)26(21(18)27)14-6-4-3-5-7-14/h3-9,11-12,17-20,25H,10H2,1-2H3/t17-,18+,19+,20+/m1/s1. The summed E-state index contributed by atoms with van der Waals surface area (Å²) in [6, 6.07) is 14.2. The minimum Gasteiger partial charge on any atom is -0.306 e. The van der Waals surface area contributed by atoms with Crippen molar-refractivity contribution in [2.24, 2.45) is 17.8 Å². The summed E-state index contributed by atoms with van der Waals surface area (Å²) in [4.78, 5) is 28.0. The van der Waals surface area contributed by atoms with Gasteiger partial charge in [0.2, 0.25) is 11.8 Å². The first-order valence-corrected chi connectivity index (χ1v) is 10.3. The Morgan fingerprint density at radius 3 is 2.29 bits per heavy atom. The molecule has 4 rings (SSSR count). The maximum absolute atomic E-state index is 13.4. The van der Waals surface area contributed by atoms with Gasteiger partial charge in [0.05, 0.1) is 27.6 Å². The molecule has 0 aliphatic carbocycles. The molecule has 2 aliphatic rings. The van der Waals surface area contributed by atoms with Crippen LogP contribution >= 0.6 is 23.2 Å². The quantitative estimate of drug-likeness (QED) is 0.723. The number of benzene rings is 2. The van der Waals surface area contributed by atoms with Crippen molar-refractivity contribution < 1.29 is 9.59 Å². The molecule has 2 aromatic carbocycles. The average Bonchev–Trinajstić information content (AvgIpc) is 3.15. The highest BCUT2D eigenvalue weighted by Gasteiger charge is 2.59. The van der Waals surface area contributed by atoms with Gasteiger partial charge in [0, 0.05) is 12.1 Å². The first-order valence-electron chi connectivity index (χ1n) is 9.52. The second kappa shape index (κ2) is 7.51. The van der Waals surface area contributed by atoms with Crippen molar-refractivity contribution in [1.82, 2.24) is 5.32 Å². The van der Waals surface area contributed by atoms with Crippen LogP contribution in [0.4, 0.5) is 5.69 Å². The third-order valence-corrected chi connectivity index (χ3v) is 6.37. The van der Waals surface area contributed by atoms with Crippen LogP contribution in [0.5, 0.6) is 0 Å². The van der Waals surface area contributed by atoms with Crippen LogP contribution in [0.1, 0.15) is 31.9 Å². The number of hydrogen-bond donors (Lipinski definition) is 1. The van der Waals surface area contributed by atoms with Gasteiger partial charge in [0.1, 0.15) is 0 Å². The summed E-state index contributed by atoms with van der Waals surface area (Å²) in [6.45, 7) is 4.25. The number of para-hydroxylation sites is 1. The number of imide groups is 1. The lowest BCUT2D eigenvalue weighted by molar-refractivity contribution is -0.123. The van der Waals surface area contributed by atoms with E-state index in [0.717, 1.165) is 12.0 Å². The SMILES string of the molecule is CC(C)C[C@H]1N[C@@H](c2ccc(Cl)c(Cl)c2)[C@H]2C(=O)N(c3ccccc3)C(=O)[C@H]21. The second-order valence-electron chi connectivity index (χ2n) is 7.95. The van der Waals surface area contributed by atoms with Gasteiger partial charge in [-0.2, -0.15) is 0 Å². The fourth-order valence-electron chi connectivity index (χ4n) is 4.49. The number of fused-ring (bicyclic) bond motifs is 1. The number of nitrogens with zero attached hydrogens (tertiary/aromatic N) is 1. The summed E-state index contributed by atoms with van der Waals surface area (Å²) in [5, 5.41) is 4.47. The molecule has 2 aromatic rings. The van der Waals surface area contributed by atoms with E-state index in [9.17, 15) is 9.59 Å². The number of nitrogens with one attached hydrogen (secondary N) is 1. The minimum absolute atomic E-state index is 0.0605. The maximum Gasteiger partial charge on any atom is 0.239 e. The molecule has 2 fully saturated rings. The Hall–Kier alpha value is -1.88. The van der Waals surface area contributed by atoms with E-state index in [-0.39, 0.29) is 29.8 Å². The normalized spacial score (nSPS) is 27.0. The van der Waals surface area contributed by atoms with E-state index in [2.05, 4.69) is 19.2 Å². The van der Waals surface area contributed by atoms with Gasteiger partial charge in [-0.1, -0.05) is 61.3 Å². The number of amides is 2. The molecule has 2 heterocycles. The second-order valence-corrected chi connectivity index (χ2v) is 8.77. The number of anilines is 1. The van der Waals surface area contributed by atoms with Crippen LogP contribution in [0.2, 0.25) is 10.0 Å². The fraction of sp³-hybridized carbons (Fsp3) is 0.364. The molecule has 2 aliphatic heterocycles. The van der Waals surface area contributed by atoms with Gasteiger partial charge in [-0.25, -0.2) is 4.90 Å². The van der Waals surface area contributed by atoms with Crippen molar-refractivity contribution in [3.63, 3.8) is 0 Å². The van der Waals surface area contributed by atoms with Gasteiger partial charge in [0.25, 0.3) is 0 Å². The molecule has 0 aromatic heterocycles. The topological polar surface area (TPSA) is 49.4 Å². The number of hydrogen-bond acceptors (Lipinski definition) is 3. The lowest BCUT2D eigenvalue weighted by atomic mass is 9.84.